The molecule has 0 heterocycles. The molecule has 0 amide bonds. The third-order valence-corrected chi connectivity index (χ3v) is 4.30. The Morgan fingerprint density at radius 1 is 0.773 bits per heavy atom. The van der Waals surface area contributed by atoms with Gasteiger partial charge in [-0.2, -0.15) is 0 Å². The molecule has 2 aromatic rings. The molecule has 0 saturated carbocycles. The van der Waals surface area contributed by atoms with Crippen LogP contribution in [0.3, 0.4) is 0 Å². The van der Waals surface area contributed by atoms with Gasteiger partial charge in [0.05, 0.1) is 0 Å². The van der Waals surface area contributed by atoms with E-state index in [4.69, 9.17) is 35.4 Å². The smallest absolute Gasteiger partial charge is 0.166 e. The van der Waals surface area contributed by atoms with Crippen LogP contribution in [0, 0.1) is 0 Å². The molecule has 0 unspecified atom stereocenters. The fourth-order valence-corrected chi connectivity index (χ4v) is 2.75. The highest BCUT2D eigenvalue weighted by atomic mass is 35.5. The van der Waals surface area contributed by atoms with Crippen molar-refractivity contribution in [2.45, 2.75) is 12.8 Å². The maximum Gasteiger partial charge on any atom is 0.166 e. The summed E-state index contributed by atoms with van der Waals surface area (Å²) in [4.78, 5) is 0. The van der Waals surface area contributed by atoms with Gasteiger partial charge in [0, 0.05) is 23.1 Å². The van der Waals surface area contributed by atoms with Crippen molar-refractivity contribution in [3.63, 3.8) is 0 Å². The highest BCUT2D eigenvalue weighted by molar-refractivity contribution is 7.80. The molecule has 0 radical (unpaired) electrons. The largest absolute Gasteiger partial charge is 0.362 e. The second-order valence-electron chi connectivity index (χ2n) is 4.87. The topological polar surface area (TPSA) is 24.1 Å². The van der Waals surface area contributed by atoms with Crippen molar-refractivity contribution in [1.82, 2.24) is 10.6 Å². The second kappa shape index (κ2) is 8.99. The number of hydrogen-bond donors (Lipinski definition) is 2. The van der Waals surface area contributed by atoms with E-state index in [9.17, 15) is 0 Å². The Hall–Kier alpha value is -1.29. The Morgan fingerprint density at radius 3 is 1.59 bits per heavy atom. The van der Waals surface area contributed by atoms with Crippen LogP contribution in [0.2, 0.25) is 10.0 Å². The summed E-state index contributed by atoms with van der Waals surface area (Å²) >= 11 is 17.5. The van der Waals surface area contributed by atoms with Gasteiger partial charge < -0.3 is 10.6 Å². The van der Waals surface area contributed by atoms with E-state index in [1.807, 2.05) is 48.5 Å². The summed E-state index contributed by atoms with van der Waals surface area (Å²) in [5.74, 6) is 0. The first-order valence-electron chi connectivity index (χ1n) is 7.15. The van der Waals surface area contributed by atoms with Gasteiger partial charge >= 0.3 is 0 Å². The quantitative estimate of drug-likeness (QED) is 0.760. The molecule has 0 fully saturated rings. The standard InChI is InChI=1S/C17H18Cl2N2S/c18-15-7-3-1-5-13(15)9-11-20-17(22)21-12-10-14-6-2-4-8-16(14)19/h1-8H,9-12H2,(H2,20,21,22). The average molecular weight is 353 g/mol. The minimum absolute atomic E-state index is 0.652. The fraction of sp³-hybridized carbons (Fsp3) is 0.235. The zero-order valence-corrected chi connectivity index (χ0v) is 14.4. The maximum absolute atomic E-state index is 6.12. The van der Waals surface area contributed by atoms with Crippen LogP contribution < -0.4 is 10.6 Å². The molecular weight excluding hydrogens is 335 g/mol. The third kappa shape index (κ3) is 5.48. The van der Waals surface area contributed by atoms with Crippen LogP contribution >= 0.6 is 35.4 Å². The van der Waals surface area contributed by atoms with Gasteiger partial charge in [0.2, 0.25) is 0 Å². The van der Waals surface area contributed by atoms with Crippen molar-refractivity contribution in [3.8, 4) is 0 Å². The zero-order valence-electron chi connectivity index (χ0n) is 12.1. The summed E-state index contributed by atoms with van der Waals surface area (Å²) in [6.07, 6.45) is 1.68. The summed E-state index contributed by atoms with van der Waals surface area (Å²) in [5, 5.41) is 8.61. The van der Waals surface area contributed by atoms with Crippen molar-refractivity contribution in [2.75, 3.05) is 13.1 Å². The molecule has 116 valence electrons. The van der Waals surface area contributed by atoms with E-state index in [0.29, 0.717) is 5.11 Å². The third-order valence-electron chi connectivity index (χ3n) is 3.28. The molecule has 2 rings (SSSR count). The molecule has 0 spiro atoms. The number of thiocarbonyl (C=S) groups is 1. The summed E-state index contributed by atoms with van der Waals surface area (Å²) in [6, 6.07) is 15.7. The molecule has 0 atom stereocenters. The van der Waals surface area contributed by atoms with Crippen LogP contribution in [0.5, 0.6) is 0 Å². The van der Waals surface area contributed by atoms with Gasteiger partial charge in [-0.3, -0.25) is 0 Å². The molecular formula is C17H18Cl2N2S. The average Bonchev–Trinajstić information content (AvgIpc) is 2.51. The number of halogens is 2. The molecule has 0 aliphatic rings. The van der Waals surface area contributed by atoms with Gasteiger partial charge in [-0.25, -0.2) is 0 Å². The fourth-order valence-electron chi connectivity index (χ4n) is 2.09. The minimum Gasteiger partial charge on any atom is -0.362 e. The number of nitrogens with one attached hydrogen (secondary N) is 2. The van der Waals surface area contributed by atoms with E-state index in [-0.39, 0.29) is 0 Å². The van der Waals surface area contributed by atoms with Gasteiger partial charge in [-0.1, -0.05) is 59.6 Å². The first kappa shape index (κ1) is 17.1. The predicted octanol–water partition coefficient (Wildman–Crippen LogP) is 4.24. The van der Waals surface area contributed by atoms with E-state index in [1.54, 1.807) is 0 Å². The Balaban J connectivity index is 1.66. The van der Waals surface area contributed by atoms with Crippen LogP contribution in [0.15, 0.2) is 48.5 Å². The van der Waals surface area contributed by atoms with E-state index in [2.05, 4.69) is 10.6 Å². The summed E-state index contributed by atoms with van der Waals surface area (Å²) in [5.41, 5.74) is 2.24. The van der Waals surface area contributed by atoms with E-state index in [0.717, 1.165) is 47.1 Å². The highest BCUT2D eigenvalue weighted by Gasteiger charge is 2.01. The van der Waals surface area contributed by atoms with Crippen LogP contribution in [-0.2, 0) is 12.8 Å². The molecule has 0 bridgehead atoms. The molecule has 5 heteroatoms. The molecule has 22 heavy (non-hydrogen) atoms. The van der Waals surface area contributed by atoms with Crippen LogP contribution in [-0.4, -0.2) is 18.2 Å². The molecule has 0 aliphatic heterocycles. The van der Waals surface area contributed by atoms with Gasteiger partial charge in [-0.05, 0) is 48.3 Å². The number of rotatable bonds is 6. The van der Waals surface area contributed by atoms with E-state index < -0.39 is 0 Å². The molecule has 0 saturated heterocycles. The van der Waals surface area contributed by atoms with Gasteiger partial charge in [0.1, 0.15) is 0 Å². The normalized spacial score (nSPS) is 10.3. The van der Waals surface area contributed by atoms with Crippen LogP contribution in [0.25, 0.3) is 0 Å². The van der Waals surface area contributed by atoms with Gasteiger partial charge in [0.15, 0.2) is 5.11 Å². The van der Waals surface area contributed by atoms with E-state index in [1.165, 1.54) is 0 Å². The van der Waals surface area contributed by atoms with Crippen molar-refractivity contribution in [1.29, 1.82) is 0 Å². The lowest BCUT2D eigenvalue weighted by Crippen LogP contribution is -2.37. The first-order valence-corrected chi connectivity index (χ1v) is 8.32. The van der Waals surface area contributed by atoms with E-state index >= 15 is 0 Å². The molecule has 0 aliphatic carbocycles. The second-order valence-corrected chi connectivity index (χ2v) is 6.09. The highest BCUT2D eigenvalue weighted by Crippen LogP contribution is 2.15. The van der Waals surface area contributed by atoms with Gasteiger partial charge in [0.25, 0.3) is 0 Å². The number of benzene rings is 2. The lowest BCUT2D eigenvalue weighted by Gasteiger charge is -2.11. The first-order chi connectivity index (χ1) is 10.7. The summed E-state index contributed by atoms with van der Waals surface area (Å²) < 4.78 is 0. The van der Waals surface area contributed by atoms with Crippen molar-refractivity contribution in [3.05, 3.63) is 69.7 Å². The molecule has 0 aromatic heterocycles. The Labute approximate surface area is 146 Å². The van der Waals surface area contributed by atoms with Crippen LogP contribution in [0.4, 0.5) is 0 Å². The Kier molecular flexibility index (Phi) is 6.97. The molecule has 2 nitrogen and oxygen atoms in total. The monoisotopic (exact) mass is 352 g/mol. The predicted molar refractivity (Wildman–Crippen MR) is 98.9 cm³/mol. The van der Waals surface area contributed by atoms with Crippen LogP contribution in [0.1, 0.15) is 11.1 Å². The summed E-state index contributed by atoms with van der Waals surface area (Å²) in [6.45, 7) is 1.50. The van der Waals surface area contributed by atoms with Crippen molar-refractivity contribution < 1.29 is 0 Å². The maximum atomic E-state index is 6.12. The lowest BCUT2D eigenvalue weighted by molar-refractivity contribution is 0.802. The minimum atomic E-state index is 0.652. The zero-order chi connectivity index (χ0) is 15.8. The summed E-state index contributed by atoms with van der Waals surface area (Å²) in [7, 11) is 0. The van der Waals surface area contributed by atoms with Crippen molar-refractivity contribution >= 4 is 40.5 Å². The van der Waals surface area contributed by atoms with Crippen molar-refractivity contribution in [2.24, 2.45) is 0 Å². The molecule has 2 N–H and O–H groups in total. The SMILES string of the molecule is S=C(NCCc1ccccc1Cl)NCCc1ccccc1Cl. The Bertz CT molecular complexity index is 578. The molecule has 2 aromatic carbocycles. The van der Waals surface area contributed by atoms with Gasteiger partial charge in [-0.15, -0.1) is 0 Å². The lowest BCUT2D eigenvalue weighted by atomic mass is 10.1. The number of hydrogen-bond acceptors (Lipinski definition) is 1. The Morgan fingerprint density at radius 2 is 1.18 bits per heavy atom.